The van der Waals surface area contributed by atoms with Gasteiger partial charge in [0.25, 0.3) is 0 Å². The third-order valence-electron chi connectivity index (χ3n) is 3.11. The van der Waals surface area contributed by atoms with E-state index in [1.54, 1.807) is 10.8 Å². The van der Waals surface area contributed by atoms with Crippen molar-refractivity contribution in [2.24, 2.45) is 7.05 Å². The molecule has 0 bridgehead atoms. The first-order valence-electron chi connectivity index (χ1n) is 6.45. The van der Waals surface area contributed by atoms with Gasteiger partial charge in [-0.1, -0.05) is 26.0 Å². The van der Waals surface area contributed by atoms with Crippen molar-refractivity contribution in [2.45, 2.75) is 39.0 Å². The highest BCUT2D eigenvalue weighted by atomic mass is 16.4. The van der Waals surface area contributed by atoms with Crippen molar-refractivity contribution >= 4 is 5.97 Å². The molecule has 1 aromatic heterocycles. The molecule has 0 saturated heterocycles. The topological polar surface area (TPSA) is 44.0 Å². The van der Waals surface area contributed by atoms with Crippen molar-refractivity contribution in [2.75, 3.05) is 0 Å². The standard InChI is InChI=1S/C15H21NO2/c1-4-6-7-8-12(5-2)13-9-10-16(3)11-14(13)15(17)18/h6-7,9-12H,4-5,8H2,1-3H3/b7-6+. The smallest absolute Gasteiger partial charge is 0.177 e. The van der Waals surface area contributed by atoms with E-state index >= 15 is 0 Å². The molecule has 18 heavy (non-hydrogen) atoms. The fourth-order valence-corrected chi connectivity index (χ4v) is 2.08. The Morgan fingerprint density at radius 3 is 2.72 bits per heavy atom. The fraction of sp³-hybridized carbons (Fsp3) is 0.467. The summed E-state index contributed by atoms with van der Waals surface area (Å²) in [5.41, 5.74) is 1.17. The molecule has 0 spiro atoms. The van der Waals surface area contributed by atoms with Gasteiger partial charge in [0.1, 0.15) is 7.05 Å². The van der Waals surface area contributed by atoms with Crippen molar-refractivity contribution in [1.29, 1.82) is 0 Å². The van der Waals surface area contributed by atoms with E-state index in [-0.39, 0.29) is 5.92 Å². The Hall–Kier alpha value is -1.64. The molecule has 1 heterocycles. The van der Waals surface area contributed by atoms with Crippen LogP contribution in [0.15, 0.2) is 30.6 Å². The van der Waals surface area contributed by atoms with Crippen molar-refractivity contribution in [3.05, 3.63) is 41.7 Å². The molecule has 3 nitrogen and oxygen atoms in total. The maximum atomic E-state index is 11.2. The maximum Gasteiger partial charge on any atom is 0.177 e. The van der Waals surface area contributed by atoms with Gasteiger partial charge >= 0.3 is 0 Å². The van der Waals surface area contributed by atoms with E-state index in [0.29, 0.717) is 5.56 Å². The van der Waals surface area contributed by atoms with Gasteiger partial charge < -0.3 is 9.90 Å². The molecule has 0 aliphatic heterocycles. The zero-order valence-electron chi connectivity index (χ0n) is 11.3. The molecule has 0 fully saturated rings. The van der Waals surface area contributed by atoms with E-state index in [1.807, 2.05) is 19.3 Å². The van der Waals surface area contributed by atoms with Crippen LogP contribution < -0.4 is 9.67 Å². The molecule has 0 saturated carbocycles. The van der Waals surface area contributed by atoms with Crippen molar-refractivity contribution in [3.8, 4) is 0 Å². The van der Waals surface area contributed by atoms with Crippen LogP contribution >= 0.6 is 0 Å². The third kappa shape index (κ3) is 3.69. The van der Waals surface area contributed by atoms with Crippen molar-refractivity contribution in [1.82, 2.24) is 0 Å². The fourth-order valence-electron chi connectivity index (χ4n) is 2.08. The van der Waals surface area contributed by atoms with Gasteiger partial charge in [-0.2, -0.15) is 0 Å². The zero-order valence-corrected chi connectivity index (χ0v) is 11.3. The molecule has 0 aromatic carbocycles. The highest BCUT2D eigenvalue weighted by molar-refractivity contribution is 5.87. The molecule has 3 heteroatoms. The first-order valence-corrected chi connectivity index (χ1v) is 6.45. The van der Waals surface area contributed by atoms with Crippen molar-refractivity contribution in [3.63, 3.8) is 0 Å². The molecule has 1 unspecified atom stereocenters. The first-order chi connectivity index (χ1) is 8.60. The lowest BCUT2D eigenvalue weighted by atomic mass is 9.90. The molecular weight excluding hydrogens is 226 g/mol. The van der Waals surface area contributed by atoms with Gasteiger partial charge in [0, 0.05) is 6.07 Å². The number of allylic oxidation sites excluding steroid dienone is 2. The van der Waals surface area contributed by atoms with Crippen LogP contribution in [0.3, 0.4) is 0 Å². The minimum Gasteiger partial charge on any atom is -0.545 e. The number of aryl methyl sites for hydroxylation is 1. The van der Waals surface area contributed by atoms with Gasteiger partial charge in [-0.3, -0.25) is 0 Å². The van der Waals surface area contributed by atoms with Crippen LogP contribution in [-0.2, 0) is 7.05 Å². The summed E-state index contributed by atoms with van der Waals surface area (Å²) < 4.78 is 1.74. The monoisotopic (exact) mass is 247 g/mol. The minimum atomic E-state index is -1.10. The predicted molar refractivity (Wildman–Crippen MR) is 69.0 cm³/mol. The number of carboxylic acids is 1. The Morgan fingerprint density at radius 2 is 2.17 bits per heavy atom. The number of pyridine rings is 1. The van der Waals surface area contributed by atoms with E-state index in [9.17, 15) is 9.90 Å². The molecule has 1 rings (SSSR count). The Balaban J connectivity index is 3.04. The van der Waals surface area contributed by atoms with Crippen LogP contribution in [0, 0.1) is 0 Å². The molecule has 0 aliphatic carbocycles. The average Bonchev–Trinajstić information content (AvgIpc) is 2.35. The lowest BCUT2D eigenvalue weighted by molar-refractivity contribution is -0.671. The summed E-state index contributed by atoms with van der Waals surface area (Å²) in [6.45, 7) is 4.17. The summed E-state index contributed by atoms with van der Waals surface area (Å²) >= 11 is 0. The van der Waals surface area contributed by atoms with E-state index in [1.165, 1.54) is 0 Å². The number of rotatable bonds is 6. The molecule has 0 radical (unpaired) electrons. The van der Waals surface area contributed by atoms with Crippen molar-refractivity contribution < 1.29 is 14.5 Å². The molecule has 1 aromatic rings. The van der Waals surface area contributed by atoms with Crippen LogP contribution in [0.2, 0.25) is 0 Å². The molecule has 0 amide bonds. The Morgan fingerprint density at radius 1 is 1.44 bits per heavy atom. The summed E-state index contributed by atoms with van der Waals surface area (Å²) in [6, 6.07) is 1.89. The van der Waals surface area contributed by atoms with Gasteiger partial charge in [-0.05, 0) is 30.7 Å². The number of hydrogen-bond acceptors (Lipinski definition) is 2. The number of carboxylic acid groups (broad SMARTS) is 1. The number of carbonyl (C=O) groups excluding carboxylic acids is 1. The first kappa shape index (κ1) is 14.4. The SMILES string of the molecule is CC/C=C/CC(CC)c1cc[n+](C)cc1C(=O)[O-]. The van der Waals surface area contributed by atoms with Crippen LogP contribution in [0.5, 0.6) is 0 Å². The van der Waals surface area contributed by atoms with Gasteiger partial charge in [-0.15, -0.1) is 0 Å². The number of carbonyl (C=O) groups is 1. The summed E-state index contributed by atoms with van der Waals surface area (Å²) in [5, 5.41) is 11.2. The van der Waals surface area contributed by atoms with Crippen LogP contribution in [-0.4, -0.2) is 5.97 Å². The Kier molecular flexibility index (Phi) is 5.56. The van der Waals surface area contributed by atoms with Crippen LogP contribution in [0.1, 0.15) is 54.9 Å². The minimum absolute atomic E-state index is 0.238. The number of aromatic carboxylic acids is 1. The van der Waals surface area contributed by atoms with Gasteiger partial charge in [0.15, 0.2) is 12.4 Å². The molecule has 98 valence electrons. The number of aromatic nitrogens is 1. The quantitative estimate of drug-likeness (QED) is 0.567. The summed E-state index contributed by atoms with van der Waals surface area (Å²) in [4.78, 5) is 11.2. The summed E-state index contributed by atoms with van der Waals surface area (Å²) in [6.07, 6.45) is 10.5. The lowest BCUT2D eigenvalue weighted by Crippen LogP contribution is -2.33. The number of hydrogen-bond donors (Lipinski definition) is 0. The average molecular weight is 247 g/mol. The van der Waals surface area contributed by atoms with Gasteiger partial charge in [0.2, 0.25) is 0 Å². The molecular formula is C15H21NO2. The summed E-state index contributed by atoms with van der Waals surface area (Å²) in [7, 11) is 1.81. The molecule has 0 aliphatic rings. The molecule has 0 N–H and O–H groups in total. The highest BCUT2D eigenvalue weighted by Crippen LogP contribution is 2.25. The normalized spacial score (nSPS) is 12.8. The zero-order chi connectivity index (χ0) is 13.5. The largest absolute Gasteiger partial charge is 0.545 e. The maximum absolute atomic E-state index is 11.2. The highest BCUT2D eigenvalue weighted by Gasteiger charge is 2.16. The summed E-state index contributed by atoms with van der Waals surface area (Å²) in [5.74, 6) is -0.860. The van der Waals surface area contributed by atoms with Crippen LogP contribution in [0.4, 0.5) is 0 Å². The predicted octanol–water partition coefficient (Wildman–Crippen LogP) is 1.72. The lowest BCUT2D eigenvalue weighted by Gasteiger charge is -2.16. The second-order valence-corrected chi connectivity index (χ2v) is 4.49. The van der Waals surface area contributed by atoms with E-state index in [2.05, 4.69) is 26.0 Å². The van der Waals surface area contributed by atoms with E-state index in [4.69, 9.17) is 0 Å². The third-order valence-corrected chi connectivity index (χ3v) is 3.11. The van der Waals surface area contributed by atoms with Crippen LogP contribution in [0.25, 0.3) is 0 Å². The van der Waals surface area contributed by atoms with E-state index < -0.39 is 5.97 Å². The second kappa shape index (κ2) is 6.94. The Labute approximate surface area is 109 Å². The van der Waals surface area contributed by atoms with E-state index in [0.717, 1.165) is 24.8 Å². The second-order valence-electron chi connectivity index (χ2n) is 4.49. The molecule has 1 atom stereocenters. The number of nitrogens with zero attached hydrogens (tertiary/aromatic N) is 1. The Bertz CT molecular complexity index is 438. The van der Waals surface area contributed by atoms with Gasteiger partial charge in [-0.25, -0.2) is 4.57 Å². The van der Waals surface area contributed by atoms with Gasteiger partial charge in [0.05, 0.1) is 11.5 Å².